The predicted octanol–water partition coefficient (Wildman–Crippen LogP) is 1.04. The standard InChI is InChI=1S/C5H9NS/c7-5-6-3-1-2-4-6/h5H,1-4H2. The van der Waals surface area contributed by atoms with Gasteiger partial charge in [-0.2, -0.15) is 0 Å². The van der Waals surface area contributed by atoms with Crippen LogP contribution in [0.25, 0.3) is 0 Å². The number of likely N-dealkylation sites (tertiary alicyclic amines) is 1. The first-order valence-electron chi connectivity index (χ1n) is 2.63. The first-order valence-corrected chi connectivity index (χ1v) is 3.10. The largest absolute Gasteiger partial charge is 0.369 e. The maximum Gasteiger partial charge on any atom is 0.0640 e. The van der Waals surface area contributed by atoms with Gasteiger partial charge >= 0.3 is 0 Å². The van der Waals surface area contributed by atoms with Crippen LogP contribution in [-0.4, -0.2) is 23.5 Å². The fraction of sp³-hybridized carbons (Fsp3) is 0.800. The van der Waals surface area contributed by atoms with Crippen molar-refractivity contribution in [3.05, 3.63) is 0 Å². The smallest absolute Gasteiger partial charge is 0.0640 e. The van der Waals surface area contributed by atoms with Crippen molar-refractivity contribution in [2.24, 2.45) is 0 Å². The summed E-state index contributed by atoms with van der Waals surface area (Å²) in [6.07, 6.45) is 2.65. The molecule has 0 radical (unpaired) electrons. The molecule has 1 saturated heterocycles. The zero-order valence-electron chi connectivity index (χ0n) is 4.26. The molecule has 0 saturated carbocycles. The van der Waals surface area contributed by atoms with E-state index < -0.39 is 0 Å². The summed E-state index contributed by atoms with van der Waals surface area (Å²) in [5.74, 6) is 0. The third kappa shape index (κ3) is 1.13. The van der Waals surface area contributed by atoms with Crippen molar-refractivity contribution < 1.29 is 0 Å². The van der Waals surface area contributed by atoms with Crippen LogP contribution in [-0.2, 0) is 0 Å². The van der Waals surface area contributed by atoms with Crippen molar-refractivity contribution in [3.8, 4) is 0 Å². The molecule has 0 unspecified atom stereocenters. The fourth-order valence-electron chi connectivity index (χ4n) is 0.847. The van der Waals surface area contributed by atoms with Crippen molar-refractivity contribution in [1.82, 2.24) is 4.90 Å². The van der Waals surface area contributed by atoms with Gasteiger partial charge in [0.25, 0.3) is 0 Å². The molecule has 0 atom stereocenters. The molecule has 0 bridgehead atoms. The van der Waals surface area contributed by atoms with E-state index in [1.807, 2.05) is 0 Å². The van der Waals surface area contributed by atoms with Crippen LogP contribution < -0.4 is 0 Å². The Morgan fingerprint density at radius 3 is 2.14 bits per heavy atom. The average Bonchev–Trinajstić information content (AvgIpc) is 2.14. The Morgan fingerprint density at radius 2 is 1.86 bits per heavy atom. The van der Waals surface area contributed by atoms with E-state index >= 15 is 0 Å². The topological polar surface area (TPSA) is 3.24 Å². The number of rotatable bonds is 1. The maximum atomic E-state index is 4.71. The van der Waals surface area contributed by atoms with Gasteiger partial charge in [-0.05, 0) is 12.8 Å². The highest BCUT2D eigenvalue weighted by Crippen LogP contribution is 2.03. The number of hydrogen-bond donors (Lipinski definition) is 0. The van der Waals surface area contributed by atoms with Crippen LogP contribution in [0, 0.1) is 0 Å². The first-order chi connectivity index (χ1) is 3.43. The van der Waals surface area contributed by atoms with E-state index in [2.05, 4.69) is 4.90 Å². The molecule has 1 fully saturated rings. The molecule has 0 amide bonds. The van der Waals surface area contributed by atoms with E-state index in [1.54, 1.807) is 5.49 Å². The van der Waals surface area contributed by atoms with Gasteiger partial charge in [-0.3, -0.25) is 0 Å². The van der Waals surface area contributed by atoms with Crippen LogP contribution in [0.2, 0.25) is 0 Å². The molecule has 0 aromatic rings. The van der Waals surface area contributed by atoms with Crippen LogP contribution >= 0.6 is 12.2 Å². The monoisotopic (exact) mass is 115 g/mol. The fourth-order valence-corrected chi connectivity index (χ4v) is 1.06. The molecule has 1 rings (SSSR count). The minimum absolute atomic E-state index is 1.18. The van der Waals surface area contributed by atoms with Crippen LogP contribution in [0.3, 0.4) is 0 Å². The molecule has 0 aromatic carbocycles. The maximum absolute atomic E-state index is 4.71. The second-order valence-electron chi connectivity index (χ2n) is 1.85. The molecule has 1 nitrogen and oxygen atoms in total. The Kier molecular flexibility index (Phi) is 1.63. The lowest BCUT2D eigenvalue weighted by molar-refractivity contribution is 0.544. The van der Waals surface area contributed by atoms with Gasteiger partial charge < -0.3 is 4.90 Å². The summed E-state index contributed by atoms with van der Waals surface area (Å²) in [6.45, 7) is 2.37. The van der Waals surface area contributed by atoms with Gasteiger partial charge in [-0.1, -0.05) is 12.2 Å². The molecule has 1 aliphatic heterocycles. The third-order valence-corrected chi connectivity index (χ3v) is 1.59. The van der Waals surface area contributed by atoms with Gasteiger partial charge in [-0.25, -0.2) is 0 Å². The molecular formula is C5H9NS. The zero-order chi connectivity index (χ0) is 5.11. The summed E-state index contributed by atoms with van der Waals surface area (Å²) in [6, 6.07) is 0. The lowest BCUT2D eigenvalue weighted by atomic mass is 10.4. The van der Waals surface area contributed by atoms with E-state index in [1.165, 1.54) is 25.9 Å². The molecular weight excluding hydrogens is 106 g/mol. The number of thiocarbonyl (C=S) groups is 1. The summed E-state index contributed by atoms with van der Waals surface area (Å²) in [5, 5.41) is 0. The molecule has 1 aliphatic rings. The van der Waals surface area contributed by atoms with Gasteiger partial charge in [0.2, 0.25) is 0 Å². The van der Waals surface area contributed by atoms with E-state index in [9.17, 15) is 0 Å². The van der Waals surface area contributed by atoms with E-state index in [4.69, 9.17) is 12.2 Å². The lowest BCUT2D eigenvalue weighted by Crippen LogP contribution is -2.14. The molecule has 0 spiro atoms. The first kappa shape index (κ1) is 5.04. The van der Waals surface area contributed by atoms with Gasteiger partial charge in [-0.15, -0.1) is 0 Å². The highest BCUT2D eigenvalue weighted by molar-refractivity contribution is 7.78. The summed E-state index contributed by atoms with van der Waals surface area (Å²) >= 11 is 4.71. The van der Waals surface area contributed by atoms with Crippen LogP contribution in [0.5, 0.6) is 0 Å². The lowest BCUT2D eigenvalue weighted by Gasteiger charge is -2.05. The molecule has 0 N–H and O–H groups in total. The SMILES string of the molecule is S=CN1CCCC1. The van der Waals surface area contributed by atoms with E-state index in [0.717, 1.165) is 0 Å². The minimum atomic E-state index is 1.18. The highest BCUT2D eigenvalue weighted by atomic mass is 32.1. The normalized spacial score (nSPS) is 20.3. The quantitative estimate of drug-likeness (QED) is 0.470. The van der Waals surface area contributed by atoms with Crippen molar-refractivity contribution in [2.75, 3.05) is 13.1 Å². The van der Waals surface area contributed by atoms with Crippen LogP contribution in [0.4, 0.5) is 0 Å². The second kappa shape index (κ2) is 2.26. The molecule has 2 heteroatoms. The minimum Gasteiger partial charge on any atom is -0.369 e. The average molecular weight is 115 g/mol. The van der Waals surface area contributed by atoms with Crippen molar-refractivity contribution in [3.63, 3.8) is 0 Å². The second-order valence-corrected chi connectivity index (χ2v) is 2.06. The van der Waals surface area contributed by atoms with Crippen molar-refractivity contribution in [2.45, 2.75) is 12.8 Å². The third-order valence-electron chi connectivity index (χ3n) is 1.29. The van der Waals surface area contributed by atoms with Crippen molar-refractivity contribution >= 4 is 17.7 Å². The Morgan fingerprint density at radius 1 is 1.29 bits per heavy atom. The Hall–Kier alpha value is -0.110. The van der Waals surface area contributed by atoms with Gasteiger partial charge in [0.1, 0.15) is 0 Å². The van der Waals surface area contributed by atoms with Crippen LogP contribution in [0.1, 0.15) is 12.8 Å². The molecule has 0 aliphatic carbocycles. The van der Waals surface area contributed by atoms with Gasteiger partial charge in [0.15, 0.2) is 0 Å². The summed E-state index contributed by atoms with van der Waals surface area (Å²) in [4.78, 5) is 2.18. The predicted molar refractivity (Wildman–Crippen MR) is 34.5 cm³/mol. The summed E-state index contributed by atoms with van der Waals surface area (Å²) in [7, 11) is 0. The van der Waals surface area contributed by atoms with Gasteiger partial charge in [0.05, 0.1) is 5.49 Å². The molecule has 0 aromatic heterocycles. The Labute approximate surface area is 49.3 Å². The number of hydrogen-bond acceptors (Lipinski definition) is 1. The Balaban J connectivity index is 2.26. The van der Waals surface area contributed by atoms with Gasteiger partial charge in [0, 0.05) is 13.1 Å². The number of nitrogens with zero attached hydrogens (tertiary/aromatic N) is 1. The van der Waals surface area contributed by atoms with E-state index in [0.29, 0.717) is 0 Å². The Bertz CT molecular complexity index is 66.5. The van der Waals surface area contributed by atoms with Crippen LogP contribution in [0.15, 0.2) is 0 Å². The summed E-state index contributed by atoms with van der Waals surface area (Å²) < 4.78 is 0. The zero-order valence-corrected chi connectivity index (χ0v) is 5.08. The van der Waals surface area contributed by atoms with E-state index in [-0.39, 0.29) is 0 Å². The highest BCUT2D eigenvalue weighted by Gasteiger charge is 2.04. The summed E-state index contributed by atoms with van der Waals surface area (Å²) in [5.41, 5.74) is 1.76. The van der Waals surface area contributed by atoms with Crippen molar-refractivity contribution in [1.29, 1.82) is 0 Å². The molecule has 1 heterocycles. The molecule has 7 heavy (non-hydrogen) atoms. The molecule has 40 valence electrons.